The van der Waals surface area contributed by atoms with Crippen LogP contribution in [0, 0.1) is 6.92 Å². The first kappa shape index (κ1) is 15.4. The second-order valence-corrected chi connectivity index (χ2v) is 5.57. The molecule has 1 fully saturated rings. The monoisotopic (exact) mass is 316 g/mol. The molecule has 8 heteroatoms. The second-order valence-electron chi connectivity index (χ2n) is 5.57. The minimum Gasteiger partial charge on any atom is -0.338 e. The molecule has 0 unspecified atom stereocenters. The minimum absolute atomic E-state index is 0.0921. The maximum atomic E-state index is 12.3. The maximum absolute atomic E-state index is 12.3. The summed E-state index contributed by atoms with van der Waals surface area (Å²) in [7, 11) is 0. The van der Waals surface area contributed by atoms with Gasteiger partial charge in [0.15, 0.2) is 0 Å². The Hall–Kier alpha value is -2.48. The Morgan fingerprint density at radius 3 is 2.57 bits per heavy atom. The Morgan fingerprint density at radius 2 is 1.96 bits per heavy atom. The molecule has 3 rings (SSSR count). The van der Waals surface area contributed by atoms with Crippen LogP contribution in [0.15, 0.2) is 29.0 Å². The Bertz CT molecular complexity index is 651. The highest BCUT2D eigenvalue weighted by molar-refractivity contribution is 5.93. The fourth-order valence-corrected chi connectivity index (χ4v) is 2.58. The number of hydrogen-bond donors (Lipinski definition) is 1. The zero-order valence-electron chi connectivity index (χ0n) is 13.3. The van der Waals surface area contributed by atoms with Crippen LogP contribution in [0.4, 0.5) is 11.8 Å². The molecule has 1 atom stereocenters. The first-order valence-electron chi connectivity index (χ1n) is 7.63. The quantitative estimate of drug-likeness (QED) is 0.897. The largest absolute Gasteiger partial charge is 0.338 e. The molecule has 0 spiro atoms. The predicted octanol–water partition coefficient (Wildman–Crippen LogP) is 0.922. The van der Waals surface area contributed by atoms with Crippen LogP contribution in [0.25, 0.3) is 0 Å². The third-order valence-electron chi connectivity index (χ3n) is 3.95. The summed E-state index contributed by atoms with van der Waals surface area (Å²) in [5.41, 5.74) is 0.740. The van der Waals surface area contributed by atoms with Crippen molar-refractivity contribution in [3.05, 3.63) is 30.2 Å². The van der Waals surface area contributed by atoms with Gasteiger partial charge < -0.3 is 9.42 Å². The molecule has 0 radical (unpaired) electrons. The molecule has 23 heavy (non-hydrogen) atoms. The summed E-state index contributed by atoms with van der Waals surface area (Å²) in [6.45, 7) is 6.86. The lowest BCUT2D eigenvalue weighted by Gasteiger charge is -2.37. The van der Waals surface area contributed by atoms with Crippen LogP contribution in [-0.4, -0.2) is 58.2 Å². The average molecular weight is 316 g/mol. The summed E-state index contributed by atoms with van der Waals surface area (Å²) in [4.78, 5) is 25.1. The van der Waals surface area contributed by atoms with E-state index >= 15 is 0 Å². The van der Waals surface area contributed by atoms with Crippen molar-refractivity contribution in [1.29, 1.82) is 0 Å². The zero-order chi connectivity index (χ0) is 16.2. The minimum atomic E-state index is -0.237. The normalized spacial score (nSPS) is 17.0. The summed E-state index contributed by atoms with van der Waals surface area (Å²) < 4.78 is 5.02. The lowest BCUT2D eigenvalue weighted by Crippen LogP contribution is -2.53. The molecular weight excluding hydrogens is 296 g/mol. The zero-order valence-corrected chi connectivity index (χ0v) is 13.3. The lowest BCUT2D eigenvalue weighted by molar-refractivity contribution is -0.121. The van der Waals surface area contributed by atoms with Crippen LogP contribution in [0.1, 0.15) is 12.6 Å². The molecule has 8 nitrogen and oxygen atoms in total. The van der Waals surface area contributed by atoms with Crippen molar-refractivity contribution < 1.29 is 9.32 Å². The molecule has 1 saturated heterocycles. The van der Waals surface area contributed by atoms with Crippen LogP contribution in [-0.2, 0) is 4.79 Å². The van der Waals surface area contributed by atoms with E-state index in [4.69, 9.17) is 4.52 Å². The van der Waals surface area contributed by atoms with E-state index < -0.39 is 0 Å². The van der Waals surface area contributed by atoms with Gasteiger partial charge in [-0.2, -0.15) is 0 Å². The first-order chi connectivity index (χ1) is 11.1. The van der Waals surface area contributed by atoms with Crippen LogP contribution >= 0.6 is 0 Å². The summed E-state index contributed by atoms with van der Waals surface area (Å²) in [6, 6.07) is 3.27. The molecule has 0 bridgehead atoms. The summed E-state index contributed by atoms with van der Waals surface area (Å²) >= 11 is 0. The van der Waals surface area contributed by atoms with Crippen molar-refractivity contribution in [2.24, 2.45) is 0 Å². The number of hydrogen-bond acceptors (Lipinski definition) is 7. The molecule has 0 aromatic carbocycles. The van der Waals surface area contributed by atoms with E-state index in [9.17, 15) is 4.79 Å². The van der Waals surface area contributed by atoms with Crippen molar-refractivity contribution in [1.82, 2.24) is 20.0 Å². The summed E-state index contributed by atoms with van der Waals surface area (Å²) in [5.74, 6) is 1.03. The Kier molecular flexibility index (Phi) is 4.52. The molecule has 1 N–H and O–H groups in total. The number of aryl methyl sites for hydroxylation is 1. The van der Waals surface area contributed by atoms with E-state index in [2.05, 4.69) is 30.2 Å². The highest BCUT2D eigenvalue weighted by atomic mass is 16.5. The van der Waals surface area contributed by atoms with Crippen LogP contribution in [0.5, 0.6) is 0 Å². The summed E-state index contributed by atoms with van der Waals surface area (Å²) in [5, 5.41) is 6.52. The van der Waals surface area contributed by atoms with Gasteiger partial charge in [0.1, 0.15) is 0 Å². The van der Waals surface area contributed by atoms with Crippen LogP contribution < -0.4 is 10.2 Å². The molecule has 1 amide bonds. The van der Waals surface area contributed by atoms with E-state index in [1.54, 1.807) is 24.5 Å². The highest BCUT2D eigenvalue weighted by Crippen LogP contribution is 2.14. The Morgan fingerprint density at radius 1 is 1.26 bits per heavy atom. The Balaban J connectivity index is 1.53. The fraction of sp³-hybridized carbons (Fsp3) is 0.467. The molecule has 0 aliphatic carbocycles. The smallest absolute Gasteiger partial charge is 0.243 e. The number of carbonyl (C=O) groups is 1. The van der Waals surface area contributed by atoms with E-state index in [1.807, 2.05) is 13.8 Å². The predicted molar refractivity (Wildman–Crippen MR) is 85.1 cm³/mol. The SMILES string of the molecule is Cc1cc(NC(=O)[C@@H](C)N2CCN(c3ncccn3)CC2)on1. The van der Waals surface area contributed by atoms with E-state index in [1.165, 1.54) is 0 Å². The van der Waals surface area contributed by atoms with Crippen molar-refractivity contribution in [2.45, 2.75) is 19.9 Å². The molecular formula is C15H20N6O2. The van der Waals surface area contributed by atoms with Crippen molar-refractivity contribution in [3.8, 4) is 0 Å². The number of carbonyl (C=O) groups excluding carboxylic acids is 1. The van der Waals surface area contributed by atoms with Gasteiger partial charge in [0.05, 0.1) is 11.7 Å². The van der Waals surface area contributed by atoms with Crippen LogP contribution in [0.2, 0.25) is 0 Å². The van der Waals surface area contributed by atoms with Gasteiger partial charge in [-0.15, -0.1) is 0 Å². The standard InChI is InChI=1S/C15H20N6O2/c1-11-10-13(23-19-11)18-14(22)12(2)20-6-8-21(9-7-20)15-16-4-3-5-17-15/h3-5,10,12H,6-9H2,1-2H3,(H,18,22)/t12-/m1/s1. The molecule has 3 heterocycles. The number of aromatic nitrogens is 3. The van der Waals surface area contributed by atoms with E-state index in [0.29, 0.717) is 5.88 Å². The third kappa shape index (κ3) is 3.65. The van der Waals surface area contributed by atoms with Crippen molar-refractivity contribution in [2.75, 3.05) is 36.4 Å². The van der Waals surface area contributed by atoms with Gasteiger partial charge in [-0.3, -0.25) is 15.0 Å². The molecule has 0 saturated carbocycles. The van der Waals surface area contributed by atoms with Crippen molar-refractivity contribution >= 4 is 17.7 Å². The number of rotatable bonds is 4. The lowest BCUT2D eigenvalue weighted by atomic mass is 10.2. The molecule has 2 aromatic heterocycles. The topological polar surface area (TPSA) is 87.4 Å². The molecule has 1 aliphatic rings. The molecule has 122 valence electrons. The number of amides is 1. The summed E-state index contributed by atoms with van der Waals surface area (Å²) in [6.07, 6.45) is 3.48. The van der Waals surface area contributed by atoms with Crippen LogP contribution in [0.3, 0.4) is 0 Å². The maximum Gasteiger partial charge on any atom is 0.243 e. The van der Waals surface area contributed by atoms with Gasteiger partial charge in [-0.05, 0) is 19.9 Å². The molecule has 1 aliphatic heterocycles. The third-order valence-corrected chi connectivity index (χ3v) is 3.95. The number of piperazine rings is 1. The van der Waals surface area contributed by atoms with Gasteiger partial charge >= 0.3 is 0 Å². The highest BCUT2D eigenvalue weighted by Gasteiger charge is 2.26. The van der Waals surface area contributed by atoms with Gasteiger partial charge in [0.25, 0.3) is 0 Å². The van der Waals surface area contributed by atoms with Gasteiger partial charge in [-0.25, -0.2) is 9.97 Å². The van der Waals surface area contributed by atoms with Gasteiger partial charge in [0, 0.05) is 44.6 Å². The van der Waals surface area contributed by atoms with E-state index in [0.717, 1.165) is 37.8 Å². The van der Waals surface area contributed by atoms with Gasteiger partial charge in [-0.1, -0.05) is 5.16 Å². The number of nitrogens with one attached hydrogen (secondary N) is 1. The molecule has 2 aromatic rings. The van der Waals surface area contributed by atoms with Crippen molar-refractivity contribution in [3.63, 3.8) is 0 Å². The number of nitrogens with zero attached hydrogens (tertiary/aromatic N) is 5. The Labute approximate surface area is 134 Å². The average Bonchev–Trinajstić information content (AvgIpc) is 3.00. The number of anilines is 2. The second kappa shape index (κ2) is 6.74. The van der Waals surface area contributed by atoms with Gasteiger partial charge in [0.2, 0.25) is 17.7 Å². The van der Waals surface area contributed by atoms with E-state index in [-0.39, 0.29) is 11.9 Å². The first-order valence-corrected chi connectivity index (χ1v) is 7.63. The fourth-order valence-electron chi connectivity index (χ4n) is 2.58.